The van der Waals surface area contributed by atoms with Crippen molar-refractivity contribution < 1.29 is 23.8 Å². The van der Waals surface area contributed by atoms with Gasteiger partial charge in [0.1, 0.15) is 30.8 Å². The highest BCUT2D eigenvalue weighted by molar-refractivity contribution is 5.83. The minimum Gasteiger partial charge on any atom is -0.489 e. The lowest BCUT2D eigenvalue weighted by molar-refractivity contribution is -0.145. The first-order chi connectivity index (χ1) is 20.0. The Bertz CT molecular complexity index is 1390. The summed E-state index contributed by atoms with van der Waals surface area (Å²) >= 11 is 0. The Hall–Kier alpha value is -4.78. The van der Waals surface area contributed by atoms with E-state index in [1.54, 1.807) is 6.92 Å². The zero-order chi connectivity index (χ0) is 28.9. The Kier molecular flexibility index (Phi) is 10.8. The van der Waals surface area contributed by atoms with Crippen LogP contribution in [-0.4, -0.2) is 24.6 Å². The van der Waals surface area contributed by atoms with Gasteiger partial charge in [-0.3, -0.25) is 0 Å². The van der Waals surface area contributed by atoms with Crippen LogP contribution in [0.15, 0.2) is 103 Å². The monoisotopic (exact) mass is 552 g/mol. The van der Waals surface area contributed by atoms with Crippen molar-refractivity contribution in [3.8, 4) is 11.5 Å². The number of aryl methyl sites for hydroxylation is 1. The second kappa shape index (κ2) is 15.1. The normalized spacial score (nSPS) is 11.3. The summed E-state index contributed by atoms with van der Waals surface area (Å²) in [4.78, 5) is 25.5. The predicted molar refractivity (Wildman–Crippen MR) is 159 cm³/mol. The highest BCUT2D eigenvalue weighted by atomic mass is 16.5. The molecule has 0 saturated carbocycles. The number of urea groups is 1. The maximum absolute atomic E-state index is 12.8. The van der Waals surface area contributed by atoms with Gasteiger partial charge in [-0.25, -0.2) is 9.59 Å². The molecule has 0 aliphatic carbocycles. The molecule has 0 aliphatic heterocycles. The summed E-state index contributed by atoms with van der Waals surface area (Å²) in [6.07, 6.45) is 0.234. The Morgan fingerprint density at radius 3 is 2.15 bits per heavy atom. The van der Waals surface area contributed by atoms with Crippen molar-refractivity contribution in [1.29, 1.82) is 0 Å². The van der Waals surface area contributed by atoms with Gasteiger partial charge < -0.3 is 24.8 Å². The summed E-state index contributed by atoms with van der Waals surface area (Å²) in [6, 6.07) is 31.8. The summed E-state index contributed by atoms with van der Waals surface area (Å²) in [5, 5.41) is 5.60. The van der Waals surface area contributed by atoms with E-state index in [0.717, 1.165) is 33.6 Å². The molecule has 1 atom stereocenters. The van der Waals surface area contributed by atoms with Gasteiger partial charge in [-0.2, -0.15) is 0 Å². The van der Waals surface area contributed by atoms with E-state index in [9.17, 15) is 9.59 Å². The number of rotatable bonds is 13. The van der Waals surface area contributed by atoms with Crippen molar-refractivity contribution in [2.45, 2.75) is 46.1 Å². The molecular weight excluding hydrogens is 516 g/mol. The molecule has 4 rings (SSSR count). The Balaban J connectivity index is 1.47. The number of nitrogens with one attached hydrogen (secondary N) is 2. The van der Waals surface area contributed by atoms with Gasteiger partial charge in [-0.05, 0) is 48.7 Å². The van der Waals surface area contributed by atoms with Gasteiger partial charge in [-0.15, -0.1) is 0 Å². The molecule has 7 heteroatoms. The van der Waals surface area contributed by atoms with Gasteiger partial charge >= 0.3 is 12.0 Å². The molecule has 2 N–H and O–H groups in total. The fourth-order valence-corrected chi connectivity index (χ4v) is 4.16. The van der Waals surface area contributed by atoms with Gasteiger partial charge in [0, 0.05) is 18.5 Å². The van der Waals surface area contributed by atoms with Crippen molar-refractivity contribution in [3.63, 3.8) is 0 Å². The number of carbonyl (C=O) groups excluding carboxylic acids is 2. The van der Waals surface area contributed by atoms with E-state index in [0.29, 0.717) is 25.5 Å². The molecule has 0 aromatic heterocycles. The SMILES string of the molecule is CCOC(=O)[C@H](Cc1ccc(COc2ccccc2)c(OCc2ccccc2)c1)NC(=O)NCc1ccc(C)cc1. The largest absolute Gasteiger partial charge is 0.489 e. The van der Waals surface area contributed by atoms with Crippen LogP contribution in [0.25, 0.3) is 0 Å². The van der Waals surface area contributed by atoms with Gasteiger partial charge in [0.2, 0.25) is 0 Å². The molecule has 0 unspecified atom stereocenters. The lowest BCUT2D eigenvalue weighted by atomic mass is 10.0. The third-order valence-corrected chi connectivity index (χ3v) is 6.40. The third-order valence-electron chi connectivity index (χ3n) is 6.40. The quantitative estimate of drug-likeness (QED) is 0.195. The first-order valence-electron chi connectivity index (χ1n) is 13.7. The molecule has 0 heterocycles. The topological polar surface area (TPSA) is 85.9 Å². The van der Waals surface area contributed by atoms with Crippen molar-refractivity contribution in [2.24, 2.45) is 0 Å². The minimum absolute atomic E-state index is 0.212. The fourth-order valence-electron chi connectivity index (χ4n) is 4.16. The van der Waals surface area contributed by atoms with Crippen LogP contribution in [0.4, 0.5) is 4.79 Å². The van der Waals surface area contributed by atoms with Crippen LogP contribution in [0, 0.1) is 6.92 Å². The molecule has 4 aromatic rings. The molecule has 0 saturated heterocycles. The van der Waals surface area contributed by atoms with Crippen LogP contribution in [0.1, 0.15) is 34.7 Å². The molecule has 2 amide bonds. The van der Waals surface area contributed by atoms with Crippen molar-refractivity contribution in [3.05, 3.63) is 131 Å². The first kappa shape index (κ1) is 29.2. The molecule has 41 heavy (non-hydrogen) atoms. The van der Waals surface area contributed by atoms with Crippen molar-refractivity contribution in [1.82, 2.24) is 10.6 Å². The number of carbonyl (C=O) groups is 2. The van der Waals surface area contributed by atoms with Gasteiger partial charge in [0.25, 0.3) is 0 Å². The van der Waals surface area contributed by atoms with E-state index in [-0.39, 0.29) is 13.0 Å². The molecule has 0 fully saturated rings. The molecule has 0 radical (unpaired) electrons. The molecule has 0 bridgehead atoms. The van der Waals surface area contributed by atoms with Gasteiger partial charge in [-0.1, -0.05) is 90.5 Å². The summed E-state index contributed by atoms with van der Waals surface area (Å²) in [5.41, 5.74) is 4.82. The number of hydrogen-bond donors (Lipinski definition) is 2. The van der Waals surface area contributed by atoms with E-state index in [1.807, 2.05) is 110 Å². The Morgan fingerprint density at radius 1 is 0.756 bits per heavy atom. The van der Waals surface area contributed by atoms with Crippen LogP contribution in [0.3, 0.4) is 0 Å². The van der Waals surface area contributed by atoms with Gasteiger partial charge in [0.05, 0.1) is 6.61 Å². The van der Waals surface area contributed by atoms with E-state index in [4.69, 9.17) is 14.2 Å². The summed E-state index contributed by atoms with van der Waals surface area (Å²) in [7, 11) is 0. The molecule has 4 aromatic carbocycles. The van der Waals surface area contributed by atoms with Crippen LogP contribution in [0.5, 0.6) is 11.5 Å². The van der Waals surface area contributed by atoms with Crippen LogP contribution in [-0.2, 0) is 35.7 Å². The Labute approximate surface area is 241 Å². The van der Waals surface area contributed by atoms with Crippen LogP contribution in [0.2, 0.25) is 0 Å². The van der Waals surface area contributed by atoms with Crippen LogP contribution >= 0.6 is 0 Å². The standard InChI is InChI=1S/C34H36N2O5/c1-3-39-33(37)31(36-34(38)35-22-26-16-14-25(2)15-17-26)20-28-18-19-29(24-40-30-12-8-5-9-13-30)32(21-28)41-23-27-10-6-4-7-11-27/h4-19,21,31H,3,20,22-24H2,1-2H3,(H2,35,36,38)/t31-/m0/s1. The molecular formula is C34H36N2O5. The minimum atomic E-state index is -0.874. The Morgan fingerprint density at radius 2 is 1.44 bits per heavy atom. The summed E-state index contributed by atoms with van der Waals surface area (Å²) < 4.78 is 17.5. The first-order valence-corrected chi connectivity index (χ1v) is 13.7. The maximum atomic E-state index is 12.8. The lowest BCUT2D eigenvalue weighted by Crippen LogP contribution is -2.47. The highest BCUT2D eigenvalue weighted by Crippen LogP contribution is 2.25. The van der Waals surface area contributed by atoms with Gasteiger partial charge in [0.15, 0.2) is 0 Å². The van der Waals surface area contributed by atoms with E-state index < -0.39 is 18.0 Å². The number of ether oxygens (including phenoxy) is 3. The predicted octanol–water partition coefficient (Wildman–Crippen LogP) is 6.13. The third kappa shape index (κ3) is 9.42. The highest BCUT2D eigenvalue weighted by Gasteiger charge is 2.23. The average Bonchev–Trinajstić information content (AvgIpc) is 3.00. The van der Waals surface area contributed by atoms with Crippen LogP contribution < -0.4 is 20.1 Å². The number of esters is 1. The molecule has 0 spiro atoms. The average molecular weight is 553 g/mol. The van der Waals surface area contributed by atoms with Crippen molar-refractivity contribution >= 4 is 12.0 Å². The molecule has 7 nitrogen and oxygen atoms in total. The number of para-hydroxylation sites is 1. The number of hydrogen-bond acceptors (Lipinski definition) is 5. The second-order valence-electron chi connectivity index (χ2n) is 9.64. The fraction of sp³-hybridized carbons (Fsp3) is 0.235. The zero-order valence-electron chi connectivity index (χ0n) is 23.5. The molecule has 212 valence electrons. The van der Waals surface area contributed by atoms with E-state index in [1.165, 1.54) is 0 Å². The maximum Gasteiger partial charge on any atom is 0.329 e. The second-order valence-corrected chi connectivity index (χ2v) is 9.64. The zero-order valence-corrected chi connectivity index (χ0v) is 23.5. The van der Waals surface area contributed by atoms with E-state index >= 15 is 0 Å². The smallest absolute Gasteiger partial charge is 0.329 e. The summed E-state index contributed by atoms with van der Waals surface area (Å²) in [6.45, 7) is 5.00. The number of benzene rings is 4. The summed E-state index contributed by atoms with van der Waals surface area (Å²) in [5.74, 6) is 0.906. The molecule has 0 aliphatic rings. The number of amides is 2. The van der Waals surface area contributed by atoms with E-state index in [2.05, 4.69) is 10.6 Å². The lowest BCUT2D eigenvalue weighted by Gasteiger charge is -2.19. The van der Waals surface area contributed by atoms with Crippen molar-refractivity contribution in [2.75, 3.05) is 6.61 Å².